The maximum absolute atomic E-state index is 15.0. The van der Waals surface area contributed by atoms with E-state index < -0.39 is 23.1 Å². The van der Waals surface area contributed by atoms with Gasteiger partial charge < -0.3 is 5.73 Å². The van der Waals surface area contributed by atoms with Gasteiger partial charge >= 0.3 is 0 Å². The van der Waals surface area contributed by atoms with Crippen LogP contribution in [-0.4, -0.2) is 10.3 Å². The second-order valence-corrected chi connectivity index (χ2v) is 7.12. The second-order valence-electron chi connectivity index (χ2n) is 7.12. The number of nitrogens with zero attached hydrogens (tertiary/aromatic N) is 1. The van der Waals surface area contributed by atoms with Gasteiger partial charge in [0.15, 0.2) is 0 Å². The molecule has 1 saturated carbocycles. The number of fused-ring (bicyclic) bond motifs is 1. The number of hydrogen-bond acceptors (Lipinski definition) is 2. The van der Waals surface area contributed by atoms with Gasteiger partial charge in [0.1, 0.15) is 17.2 Å². The number of rotatable bonds is 3. The zero-order valence-corrected chi connectivity index (χ0v) is 15.0. The van der Waals surface area contributed by atoms with Gasteiger partial charge in [-0.25, -0.2) is 8.78 Å². The third kappa shape index (κ3) is 2.72. The lowest BCUT2D eigenvalue weighted by Crippen LogP contribution is -2.28. The first-order valence-corrected chi connectivity index (χ1v) is 8.74. The Kier molecular flexibility index (Phi) is 3.87. The summed E-state index contributed by atoms with van der Waals surface area (Å²) in [5, 5.41) is 0. The maximum Gasteiger partial charge on any atom is 0.268 e. The number of aryl methyl sites for hydroxylation is 2. The molecule has 6 heteroatoms. The summed E-state index contributed by atoms with van der Waals surface area (Å²) < 4.78 is 30.2. The summed E-state index contributed by atoms with van der Waals surface area (Å²) in [4.78, 5) is 24.3. The standard InChI is InChI=1S/C21H18F2N2O2/c1-10-3-4-13(7-16(10)22)18-11(2)19-14(12-5-6-12)8-15(20(24)26)21(27)25(19)9-17(18)23/h3-4,7-9,12H,5-6H2,1-2H3,(H2,24,26). The summed E-state index contributed by atoms with van der Waals surface area (Å²) in [5.41, 5.74) is 7.56. The number of amides is 1. The van der Waals surface area contributed by atoms with E-state index in [1.54, 1.807) is 26.0 Å². The Morgan fingerprint density at radius 2 is 1.85 bits per heavy atom. The topological polar surface area (TPSA) is 64.6 Å². The molecule has 0 atom stereocenters. The van der Waals surface area contributed by atoms with Gasteiger partial charge in [0.25, 0.3) is 11.5 Å². The Labute approximate surface area is 154 Å². The number of hydrogen-bond donors (Lipinski definition) is 1. The molecule has 1 aromatic carbocycles. The number of carbonyl (C=O) groups is 1. The van der Waals surface area contributed by atoms with Crippen molar-refractivity contribution in [2.75, 3.05) is 0 Å². The molecule has 0 unspecified atom stereocenters. The molecule has 2 N–H and O–H groups in total. The molecule has 4 rings (SSSR count). The van der Waals surface area contributed by atoms with Crippen LogP contribution in [0.1, 0.15) is 45.8 Å². The summed E-state index contributed by atoms with van der Waals surface area (Å²) in [6.07, 6.45) is 2.92. The van der Waals surface area contributed by atoms with Crippen molar-refractivity contribution in [1.29, 1.82) is 0 Å². The summed E-state index contributed by atoms with van der Waals surface area (Å²) in [5.74, 6) is -1.71. The van der Waals surface area contributed by atoms with Crippen molar-refractivity contribution in [2.24, 2.45) is 5.73 Å². The number of pyridine rings is 2. The van der Waals surface area contributed by atoms with E-state index >= 15 is 0 Å². The molecule has 0 spiro atoms. The van der Waals surface area contributed by atoms with Crippen LogP contribution in [0.3, 0.4) is 0 Å². The number of carbonyl (C=O) groups excluding carboxylic acids is 1. The average molecular weight is 368 g/mol. The monoisotopic (exact) mass is 368 g/mol. The summed E-state index contributed by atoms with van der Waals surface area (Å²) >= 11 is 0. The Hall–Kier alpha value is -3.02. The van der Waals surface area contributed by atoms with E-state index in [4.69, 9.17) is 5.73 Å². The van der Waals surface area contributed by atoms with Gasteiger partial charge in [-0.3, -0.25) is 14.0 Å². The molecule has 0 saturated heterocycles. The smallest absolute Gasteiger partial charge is 0.268 e. The normalized spacial score (nSPS) is 13.9. The SMILES string of the molecule is Cc1ccc(-c2c(F)cn3c(=O)c(C(N)=O)cc(C4CC4)c3c2C)cc1F. The molecule has 1 fully saturated rings. The first-order valence-electron chi connectivity index (χ1n) is 8.74. The van der Waals surface area contributed by atoms with Gasteiger partial charge in [0.2, 0.25) is 0 Å². The third-order valence-corrected chi connectivity index (χ3v) is 5.22. The molecule has 1 aliphatic carbocycles. The highest BCUT2D eigenvalue weighted by molar-refractivity contribution is 5.93. The molecule has 3 aromatic rings. The highest BCUT2D eigenvalue weighted by atomic mass is 19.1. The summed E-state index contributed by atoms with van der Waals surface area (Å²) in [6.45, 7) is 3.35. The molecule has 1 amide bonds. The Balaban J connectivity index is 2.11. The summed E-state index contributed by atoms with van der Waals surface area (Å²) in [7, 11) is 0. The lowest BCUT2D eigenvalue weighted by molar-refractivity contribution is 0.0998. The predicted molar refractivity (Wildman–Crippen MR) is 99.0 cm³/mol. The molecule has 1 aliphatic rings. The molecule has 2 heterocycles. The molecular weight excluding hydrogens is 350 g/mol. The van der Waals surface area contributed by atoms with Gasteiger partial charge in [0.05, 0.1) is 5.52 Å². The van der Waals surface area contributed by atoms with E-state index in [1.807, 2.05) is 0 Å². The van der Waals surface area contributed by atoms with Crippen LogP contribution >= 0.6 is 0 Å². The zero-order valence-electron chi connectivity index (χ0n) is 15.0. The molecule has 138 valence electrons. The van der Waals surface area contributed by atoms with Crippen LogP contribution < -0.4 is 11.3 Å². The summed E-state index contributed by atoms with van der Waals surface area (Å²) in [6, 6.07) is 6.08. The highest BCUT2D eigenvalue weighted by Gasteiger charge is 2.30. The van der Waals surface area contributed by atoms with Crippen LogP contribution in [-0.2, 0) is 0 Å². The van der Waals surface area contributed by atoms with Gasteiger partial charge in [0, 0.05) is 11.8 Å². The maximum atomic E-state index is 15.0. The minimum atomic E-state index is -0.834. The Morgan fingerprint density at radius 3 is 2.44 bits per heavy atom. The third-order valence-electron chi connectivity index (χ3n) is 5.22. The Morgan fingerprint density at radius 1 is 1.15 bits per heavy atom. The number of primary amides is 1. The molecule has 0 bridgehead atoms. The van der Waals surface area contributed by atoms with E-state index in [2.05, 4.69) is 0 Å². The van der Waals surface area contributed by atoms with Crippen LogP contribution in [0.5, 0.6) is 0 Å². The predicted octanol–water partition coefficient (Wildman–Crippen LogP) is 3.84. The molecule has 0 aliphatic heterocycles. The first-order chi connectivity index (χ1) is 12.8. The molecule has 0 radical (unpaired) electrons. The van der Waals surface area contributed by atoms with Crippen LogP contribution in [0.2, 0.25) is 0 Å². The van der Waals surface area contributed by atoms with Crippen LogP contribution in [0.25, 0.3) is 16.6 Å². The van der Waals surface area contributed by atoms with E-state index in [9.17, 15) is 18.4 Å². The number of benzene rings is 1. The van der Waals surface area contributed by atoms with Gasteiger partial charge in [-0.15, -0.1) is 0 Å². The second kappa shape index (κ2) is 6.01. The largest absolute Gasteiger partial charge is 0.365 e. The van der Waals surface area contributed by atoms with E-state index in [0.717, 1.165) is 29.0 Å². The van der Waals surface area contributed by atoms with Crippen molar-refractivity contribution in [2.45, 2.75) is 32.6 Å². The van der Waals surface area contributed by atoms with Crippen molar-refractivity contribution >= 4 is 11.4 Å². The molecular formula is C21H18F2N2O2. The molecule has 2 aromatic heterocycles. The van der Waals surface area contributed by atoms with E-state index in [1.165, 1.54) is 12.1 Å². The fourth-order valence-corrected chi connectivity index (χ4v) is 3.64. The van der Waals surface area contributed by atoms with Gasteiger partial charge in [-0.05, 0) is 67.0 Å². The highest BCUT2D eigenvalue weighted by Crippen LogP contribution is 2.43. The minimum absolute atomic E-state index is 0.151. The van der Waals surface area contributed by atoms with Gasteiger partial charge in [-0.2, -0.15) is 0 Å². The van der Waals surface area contributed by atoms with Crippen molar-refractivity contribution in [3.05, 3.63) is 74.7 Å². The molecule has 27 heavy (non-hydrogen) atoms. The lowest BCUT2D eigenvalue weighted by Gasteiger charge is -2.16. The van der Waals surface area contributed by atoms with Crippen LogP contribution in [0.15, 0.2) is 35.3 Å². The van der Waals surface area contributed by atoms with Crippen LogP contribution in [0, 0.1) is 25.5 Å². The van der Waals surface area contributed by atoms with Crippen LogP contribution in [0.4, 0.5) is 8.78 Å². The van der Waals surface area contributed by atoms with E-state index in [0.29, 0.717) is 22.2 Å². The zero-order chi connectivity index (χ0) is 19.5. The first kappa shape index (κ1) is 17.4. The lowest BCUT2D eigenvalue weighted by atomic mass is 9.95. The minimum Gasteiger partial charge on any atom is -0.365 e. The number of nitrogens with two attached hydrogens (primary N) is 1. The van der Waals surface area contributed by atoms with Crippen molar-refractivity contribution in [1.82, 2.24) is 4.40 Å². The number of halogens is 2. The quantitative estimate of drug-likeness (QED) is 0.763. The van der Waals surface area contributed by atoms with Crippen molar-refractivity contribution in [3.63, 3.8) is 0 Å². The fourth-order valence-electron chi connectivity index (χ4n) is 3.64. The van der Waals surface area contributed by atoms with Gasteiger partial charge in [-0.1, -0.05) is 12.1 Å². The fraction of sp³-hybridized carbons (Fsp3) is 0.238. The average Bonchev–Trinajstić information content (AvgIpc) is 3.43. The van der Waals surface area contributed by atoms with Crippen molar-refractivity contribution in [3.8, 4) is 11.1 Å². The van der Waals surface area contributed by atoms with Crippen molar-refractivity contribution < 1.29 is 13.6 Å². The Bertz CT molecular complexity index is 1180. The molecule has 4 nitrogen and oxygen atoms in total. The number of aromatic nitrogens is 1. The van der Waals surface area contributed by atoms with E-state index in [-0.39, 0.29) is 17.0 Å².